The molecule has 2 heterocycles. The van der Waals surface area contributed by atoms with Crippen LogP contribution >= 0.6 is 0 Å². The molecule has 20 nitrogen and oxygen atoms in total. The van der Waals surface area contributed by atoms with E-state index in [-0.39, 0.29) is 73.5 Å². The molecule has 2 aliphatic heterocycles. The van der Waals surface area contributed by atoms with Gasteiger partial charge in [-0.15, -0.1) is 0 Å². The third-order valence-electron chi connectivity index (χ3n) is 16.3. The number of hydrogen-bond donors (Lipinski definition) is 3. The van der Waals surface area contributed by atoms with E-state index in [4.69, 9.17) is 14.2 Å². The summed E-state index contributed by atoms with van der Waals surface area (Å²) < 4.78 is 16.1. The van der Waals surface area contributed by atoms with Gasteiger partial charge in [0.15, 0.2) is 11.6 Å². The van der Waals surface area contributed by atoms with E-state index in [1.807, 2.05) is 0 Å². The van der Waals surface area contributed by atoms with Crippen LogP contribution in [0, 0.1) is 29.6 Å². The smallest absolute Gasteiger partial charge is 0.410 e. The molecule has 0 aromatic heterocycles. The van der Waals surface area contributed by atoms with Gasteiger partial charge in [0.05, 0.1) is 19.2 Å². The number of amides is 7. The Morgan fingerprint density at radius 3 is 1.45 bits per heavy atom. The van der Waals surface area contributed by atoms with Crippen molar-refractivity contribution in [3.8, 4) is 0 Å². The normalized spacial score (nSPS) is 25.4. The number of likely N-dealkylation sites (tertiary alicyclic amines) is 2. The molecule has 5 fully saturated rings. The van der Waals surface area contributed by atoms with Crippen LogP contribution in [0.2, 0.25) is 0 Å². The van der Waals surface area contributed by atoms with Crippen molar-refractivity contribution in [3.63, 3.8) is 0 Å². The zero-order chi connectivity index (χ0) is 55.7. The first-order valence-electron chi connectivity index (χ1n) is 27.6. The van der Waals surface area contributed by atoms with Crippen LogP contribution in [0.3, 0.4) is 0 Å². The number of nitrogens with zero attached hydrogens (tertiary/aromatic N) is 4. The number of hydrogen-bond acceptors (Lipinski definition) is 13. The van der Waals surface area contributed by atoms with Crippen molar-refractivity contribution in [1.29, 1.82) is 0 Å². The molecule has 0 bridgehead atoms. The van der Waals surface area contributed by atoms with E-state index in [1.54, 1.807) is 60.3 Å². The molecule has 8 atom stereocenters. The van der Waals surface area contributed by atoms with Gasteiger partial charge in [-0.1, -0.05) is 38.5 Å². The van der Waals surface area contributed by atoms with E-state index in [9.17, 15) is 47.9 Å². The summed E-state index contributed by atoms with van der Waals surface area (Å²) >= 11 is 0. The average molecular weight is 1060 g/mol. The third kappa shape index (κ3) is 16.4. The Labute approximate surface area is 444 Å². The van der Waals surface area contributed by atoms with Gasteiger partial charge >= 0.3 is 18.2 Å². The Morgan fingerprint density at radius 2 is 1.01 bits per heavy atom. The van der Waals surface area contributed by atoms with Crippen molar-refractivity contribution in [3.05, 3.63) is 0 Å². The zero-order valence-corrected chi connectivity index (χ0v) is 47.0. The summed E-state index contributed by atoms with van der Waals surface area (Å²) in [6, 6.07) is -5.68. The minimum atomic E-state index is -1.01. The molecule has 20 heteroatoms. The molecule has 0 unspecified atom stereocenters. The summed E-state index contributed by atoms with van der Waals surface area (Å²) in [4.78, 5) is 142. The van der Waals surface area contributed by atoms with E-state index in [0.29, 0.717) is 38.5 Å². The fourth-order valence-corrected chi connectivity index (χ4v) is 11.6. The Kier molecular flexibility index (Phi) is 21.1. The van der Waals surface area contributed by atoms with Crippen molar-refractivity contribution in [2.75, 3.05) is 34.3 Å². The lowest BCUT2D eigenvalue weighted by atomic mass is 9.76. The zero-order valence-electron chi connectivity index (χ0n) is 47.0. The van der Waals surface area contributed by atoms with Crippen molar-refractivity contribution < 1.29 is 62.2 Å². The van der Waals surface area contributed by atoms with Gasteiger partial charge in [-0.05, 0) is 132 Å². The molecule has 3 saturated carbocycles. The molecule has 0 radical (unpaired) electrons. The summed E-state index contributed by atoms with van der Waals surface area (Å²) in [7, 11) is 4.20. The summed E-state index contributed by atoms with van der Waals surface area (Å²) in [5.41, 5.74) is -1.54. The van der Waals surface area contributed by atoms with Gasteiger partial charge in [0.1, 0.15) is 29.3 Å². The molecular formula is C55H89N7O13. The number of ketones is 2. The maximum Gasteiger partial charge on any atom is 0.410 e. The summed E-state index contributed by atoms with van der Waals surface area (Å²) in [6.07, 6.45) is 9.11. The molecule has 3 aliphatic carbocycles. The second kappa shape index (κ2) is 26.2. The predicted octanol–water partition coefficient (Wildman–Crippen LogP) is 5.46. The molecule has 5 aliphatic rings. The molecule has 0 spiro atoms. The van der Waals surface area contributed by atoms with Gasteiger partial charge in [0.25, 0.3) is 0 Å². The quantitative estimate of drug-likeness (QED) is 0.121. The van der Waals surface area contributed by atoms with E-state index >= 15 is 0 Å². The first kappa shape index (κ1) is 60.6. The molecule has 422 valence electrons. The second-order valence-electron chi connectivity index (χ2n) is 24.2. The molecule has 2 saturated heterocycles. The van der Waals surface area contributed by atoms with Crippen molar-refractivity contribution in [2.24, 2.45) is 29.6 Å². The fourth-order valence-electron chi connectivity index (χ4n) is 11.6. The van der Waals surface area contributed by atoms with E-state index in [1.165, 1.54) is 42.8 Å². The van der Waals surface area contributed by atoms with E-state index in [0.717, 1.165) is 51.4 Å². The van der Waals surface area contributed by atoms with E-state index < -0.39 is 101 Å². The highest BCUT2D eigenvalue weighted by atomic mass is 16.6. The SMILES string of the molecule is COC(=O)[C@@H]1C[C@H](NC(=O)C2CCC(C(=O)N[C@H]3C[C@@H](C(C)=O)N(C(=O)[C@@H](CC(=O)[C@H](C)N(C)C(=O)OC(C)(C)C)C4CCCCC4)C3)CC2)CN1C(=O)[C@@H](NC(=O)[C@H](C)N(C)C(=O)OC(C)(C)C)C1CCCCC1. The fraction of sp³-hybridized carbons (Fsp3) is 0.818. The number of nitrogens with one attached hydrogen (secondary N) is 3. The molecule has 7 amide bonds. The highest BCUT2D eigenvalue weighted by molar-refractivity contribution is 5.95. The van der Waals surface area contributed by atoms with Crippen LogP contribution in [-0.4, -0.2) is 167 Å². The largest absolute Gasteiger partial charge is 0.467 e. The Hall–Kier alpha value is -5.30. The number of Topliss-reactive ketones (excluding diaryl/α,β-unsaturated/α-hetero) is 2. The lowest BCUT2D eigenvalue weighted by Crippen LogP contribution is -2.58. The molecule has 0 aromatic carbocycles. The van der Waals surface area contributed by atoms with Gasteiger partial charge in [-0.25, -0.2) is 14.4 Å². The standard InChI is InChI=1S/C55H89N7O13/c1-32(59(10)52(71)74-54(4,5)6)44(64)29-41(35-19-15-13-16-20-35)49(68)61-30-39(27-42(61)34(3)63)56-47(66)37-23-25-38(26-24-37)48(67)57-40-28-43(51(70)73-12)62(31-40)50(69)45(36-21-17-14-18-22-36)58-46(65)33(2)60(11)53(72)75-55(7,8)9/h32-33,35-43,45H,13-31H2,1-12H3,(H,56,66)(H,57,67)(H,58,65)/t32-,33-,37?,38?,39-,40-,41-,42-,43-,45-/m0/s1. The van der Waals surface area contributed by atoms with Crippen LogP contribution < -0.4 is 16.0 Å². The minimum Gasteiger partial charge on any atom is -0.467 e. The van der Waals surface area contributed by atoms with E-state index in [2.05, 4.69) is 16.0 Å². The predicted molar refractivity (Wildman–Crippen MR) is 277 cm³/mol. The highest BCUT2D eigenvalue weighted by Gasteiger charge is 2.48. The number of rotatable bonds is 17. The maximum absolute atomic E-state index is 14.6. The Morgan fingerprint density at radius 1 is 0.587 bits per heavy atom. The summed E-state index contributed by atoms with van der Waals surface area (Å²) in [6.45, 7) is 15.1. The molecule has 0 aromatic rings. The lowest BCUT2D eigenvalue weighted by Gasteiger charge is -2.35. The second-order valence-corrected chi connectivity index (χ2v) is 24.2. The summed E-state index contributed by atoms with van der Waals surface area (Å²) in [5, 5.41) is 9.10. The molecular weight excluding hydrogens is 967 g/mol. The van der Waals surface area contributed by atoms with Crippen LogP contribution in [0.5, 0.6) is 0 Å². The van der Waals surface area contributed by atoms with Gasteiger partial charge in [-0.3, -0.25) is 38.5 Å². The topological polar surface area (TPSA) is 247 Å². The van der Waals surface area contributed by atoms with Crippen LogP contribution in [-0.2, 0) is 52.6 Å². The average Bonchev–Trinajstić information content (AvgIpc) is 4.00. The van der Waals surface area contributed by atoms with Gasteiger partial charge < -0.3 is 44.9 Å². The molecule has 5 rings (SSSR count). The first-order chi connectivity index (χ1) is 35.1. The Bertz CT molecular complexity index is 2080. The number of esters is 1. The summed E-state index contributed by atoms with van der Waals surface area (Å²) in [5.74, 6) is -4.70. The van der Waals surface area contributed by atoms with Gasteiger partial charge in [0.2, 0.25) is 29.5 Å². The monoisotopic (exact) mass is 1060 g/mol. The minimum absolute atomic E-state index is 0.0129. The Balaban J connectivity index is 1.18. The number of likely N-dealkylation sites (N-methyl/N-ethyl adjacent to an activating group) is 2. The van der Waals surface area contributed by atoms with Crippen LogP contribution in [0.15, 0.2) is 0 Å². The highest BCUT2D eigenvalue weighted by Crippen LogP contribution is 2.37. The number of methoxy groups -OCH3 is 1. The van der Waals surface area contributed by atoms with Gasteiger partial charge in [-0.2, -0.15) is 0 Å². The molecule has 3 N–H and O–H groups in total. The third-order valence-corrected chi connectivity index (χ3v) is 16.3. The lowest BCUT2D eigenvalue weighted by molar-refractivity contribution is -0.152. The van der Waals surface area contributed by atoms with Crippen molar-refractivity contribution in [1.82, 2.24) is 35.6 Å². The van der Waals surface area contributed by atoms with Crippen molar-refractivity contribution >= 4 is 59.3 Å². The molecule has 75 heavy (non-hydrogen) atoms. The number of ether oxygens (including phenoxy) is 3. The van der Waals surface area contributed by atoms with Crippen LogP contribution in [0.4, 0.5) is 9.59 Å². The van der Waals surface area contributed by atoms with Gasteiger partial charge in [0, 0.05) is 69.9 Å². The van der Waals surface area contributed by atoms with Crippen LogP contribution in [0.1, 0.15) is 171 Å². The number of carbonyl (C=O) groups excluding carboxylic acids is 10. The maximum atomic E-state index is 14.6. The first-order valence-corrected chi connectivity index (χ1v) is 27.6. The van der Waals surface area contributed by atoms with Crippen molar-refractivity contribution in [2.45, 2.75) is 225 Å². The van der Waals surface area contributed by atoms with Crippen LogP contribution in [0.25, 0.3) is 0 Å². The number of carbonyl (C=O) groups is 10.